The molecule has 0 amide bonds. The van der Waals surface area contributed by atoms with E-state index in [0.29, 0.717) is 13.2 Å². The summed E-state index contributed by atoms with van der Waals surface area (Å²) in [7, 11) is 0. The maximum Gasteiger partial charge on any atom is 0.306 e. The van der Waals surface area contributed by atoms with Crippen molar-refractivity contribution in [3.05, 3.63) is 0 Å². The van der Waals surface area contributed by atoms with E-state index in [1.165, 1.54) is 0 Å². The molecule has 0 unspecified atom stereocenters. The van der Waals surface area contributed by atoms with Crippen LogP contribution in [0.15, 0.2) is 0 Å². The fourth-order valence-corrected chi connectivity index (χ4v) is 1.30. The fraction of sp³-hybridized carbons (Fsp3) is 0.818. The third-order valence-corrected chi connectivity index (χ3v) is 1.97. The molecule has 0 bridgehead atoms. The molecule has 1 aliphatic heterocycles. The van der Waals surface area contributed by atoms with E-state index in [1.54, 1.807) is 13.8 Å². The Bertz CT molecular complexity index is 257. The zero-order valence-electron chi connectivity index (χ0n) is 10.1. The second-order valence-electron chi connectivity index (χ2n) is 4.01. The van der Waals surface area contributed by atoms with Gasteiger partial charge in [0.25, 0.3) is 0 Å². The summed E-state index contributed by atoms with van der Waals surface area (Å²) in [5.41, 5.74) is 0. The Morgan fingerprint density at radius 2 is 1.76 bits per heavy atom. The standard InChI is InChI=1S/C11H18O6/c1-8(2)16-10(12)3-4-11(13)17-9-5-14-7-15-6-9/h8-9H,3-7H2,1-2H3. The van der Waals surface area contributed by atoms with Gasteiger partial charge in [-0.15, -0.1) is 0 Å². The second kappa shape index (κ2) is 7.24. The lowest BCUT2D eigenvalue weighted by atomic mass is 10.3. The van der Waals surface area contributed by atoms with Crippen molar-refractivity contribution in [2.45, 2.75) is 38.9 Å². The molecule has 0 spiro atoms. The number of hydrogen-bond donors (Lipinski definition) is 0. The van der Waals surface area contributed by atoms with E-state index in [1.807, 2.05) is 0 Å². The van der Waals surface area contributed by atoms with Crippen molar-refractivity contribution >= 4 is 11.9 Å². The molecule has 0 N–H and O–H groups in total. The minimum Gasteiger partial charge on any atom is -0.463 e. The van der Waals surface area contributed by atoms with Crippen molar-refractivity contribution in [2.75, 3.05) is 20.0 Å². The van der Waals surface area contributed by atoms with Crippen LogP contribution in [0.5, 0.6) is 0 Å². The lowest BCUT2D eigenvalue weighted by Gasteiger charge is -2.22. The zero-order chi connectivity index (χ0) is 12.7. The number of rotatable bonds is 5. The number of carbonyl (C=O) groups is 2. The molecule has 98 valence electrons. The summed E-state index contributed by atoms with van der Waals surface area (Å²) in [4.78, 5) is 22.5. The maximum absolute atomic E-state index is 11.4. The SMILES string of the molecule is CC(C)OC(=O)CCC(=O)OC1COCOC1. The Hall–Kier alpha value is -1.14. The highest BCUT2D eigenvalue weighted by Crippen LogP contribution is 2.05. The van der Waals surface area contributed by atoms with Gasteiger partial charge < -0.3 is 18.9 Å². The van der Waals surface area contributed by atoms with E-state index in [2.05, 4.69) is 0 Å². The van der Waals surface area contributed by atoms with E-state index >= 15 is 0 Å². The zero-order valence-corrected chi connectivity index (χ0v) is 10.1. The number of ether oxygens (including phenoxy) is 4. The average Bonchev–Trinajstić information content (AvgIpc) is 2.27. The van der Waals surface area contributed by atoms with Crippen LogP contribution in [0, 0.1) is 0 Å². The Balaban J connectivity index is 2.14. The molecule has 1 fully saturated rings. The van der Waals surface area contributed by atoms with E-state index in [0.717, 1.165) is 0 Å². The molecule has 0 atom stereocenters. The van der Waals surface area contributed by atoms with Crippen molar-refractivity contribution in [3.63, 3.8) is 0 Å². The van der Waals surface area contributed by atoms with Gasteiger partial charge in [0.15, 0.2) is 0 Å². The summed E-state index contributed by atoms with van der Waals surface area (Å²) in [5, 5.41) is 0. The quantitative estimate of drug-likeness (QED) is 0.663. The Morgan fingerprint density at radius 3 is 2.35 bits per heavy atom. The topological polar surface area (TPSA) is 71.1 Å². The molecule has 0 saturated carbocycles. The van der Waals surface area contributed by atoms with E-state index in [-0.39, 0.29) is 31.8 Å². The highest BCUT2D eigenvalue weighted by Gasteiger charge is 2.19. The lowest BCUT2D eigenvalue weighted by molar-refractivity contribution is -0.183. The van der Waals surface area contributed by atoms with Gasteiger partial charge in [0.2, 0.25) is 0 Å². The first kappa shape index (κ1) is 13.9. The van der Waals surface area contributed by atoms with Gasteiger partial charge in [-0.05, 0) is 13.8 Å². The molecule has 0 aliphatic carbocycles. The highest BCUT2D eigenvalue weighted by atomic mass is 16.7. The first-order chi connectivity index (χ1) is 8.08. The Morgan fingerprint density at radius 1 is 1.18 bits per heavy atom. The van der Waals surface area contributed by atoms with Crippen molar-refractivity contribution in [3.8, 4) is 0 Å². The van der Waals surface area contributed by atoms with E-state index < -0.39 is 11.9 Å². The van der Waals surface area contributed by atoms with Gasteiger partial charge in [-0.25, -0.2) is 0 Å². The van der Waals surface area contributed by atoms with E-state index in [9.17, 15) is 9.59 Å². The predicted molar refractivity (Wildman–Crippen MR) is 57.1 cm³/mol. The third-order valence-electron chi connectivity index (χ3n) is 1.97. The minimum absolute atomic E-state index is 0.0159. The van der Waals surface area contributed by atoms with Crippen molar-refractivity contribution in [1.29, 1.82) is 0 Å². The van der Waals surface area contributed by atoms with Crippen LogP contribution >= 0.6 is 0 Å². The number of esters is 2. The van der Waals surface area contributed by atoms with Crippen LogP contribution in [0.3, 0.4) is 0 Å². The molecule has 0 radical (unpaired) electrons. The average molecular weight is 246 g/mol. The largest absolute Gasteiger partial charge is 0.463 e. The van der Waals surface area contributed by atoms with Crippen molar-refractivity contribution in [1.82, 2.24) is 0 Å². The van der Waals surface area contributed by atoms with Crippen molar-refractivity contribution in [2.24, 2.45) is 0 Å². The van der Waals surface area contributed by atoms with Gasteiger partial charge in [0, 0.05) is 0 Å². The van der Waals surface area contributed by atoms with Gasteiger partial charge in [-0.2, -0.15) is 0 Å². The monoisotopic (exact) mass is 246 g/mol. The first-order valence-electron chi connectivity index (χ1n) is 5.62. The van der Waals surface area contributed by atoms with Gasteiger partial charge in [-0.1, -0.05) is 0 Å². The van der Waals surface area contributed by atoms with Crippen LogP contribution in [0.2, 0.25) is 0 Å². The molecular formula is C11H18O6. The summed E-state index contributed by atoms with van der Waals surface area (Å²) in [6.45, 7) is 4.42. The van der Waals surface area contributed by atoms with E-state index in [4.69, 9.17) is 18.9 Å². The van der Waals surface area contributed by atoms with Crippen LogP contribution in [0.4, 0.5) is 0 Å². The highest BCUT2D eigenvalue weighted by molar-refractivity contribution is 5.77. The molecule has 17 heavy (non-hydrogen) atoms. The second-order valence-corrected chi connectivity index (χ2v) is 4.01. The number of carbonyl (C=O) groups excluding carboxylic acids is 2. The molecule has 0 aromatic carbocycles. The summed E-state index contributed by atoms with van der Waals surface area (Å²) in [6.07, 6.45) is -0.496. The molecule has 1 saturated heterocycles. The maximum atomic E-state index is 11.4. The normalized spacial score (nSPS) is 16.9. The number of hydrogen-bond acceptors (Lipinski definition) is 6. The molecule has 1 heterocycles. The Kier molecular flexibility index (Phi) is 5.93. The van der Waals surface area contributed by atoms with Gasteiger partial charge in [0.05, 0.1) is 32.2 Å². The fourth-order valence-electron chi connectivity index (χ4n) is 1.30. The molecule has 1 aliphatic rings. The molecule has 0 aromatic rings. The molecule has 6 nitrogen and oxygen atoms in total. The van der Waals surface area contributed by atoms with Gasteiger partial charge in [0.1, 0.15) is 12.9 Å². The summed E-state index contributed by atoms with van der Waals surface area (Å²) in [5.74, 6) is -0.835. The van der Waals surface area contributed by atoms with Crippen molar-refractivity contribution < 1.29 is 28.5 Å². The molecule has 1 rings (SSSR count). The third kappa shape index (κ3) is 6.23. The lowest BCUT2D eigenvalue weighted by Crippen LogP contribution is -2.33. The molecular weight excluding hydrogens is 228 g/mol. The smallest absolute Gasteiger partial charge is 0.306 e. The van der Waals surface area contributed by atoms with Gasteiger partial charge >= 0.3 is 11.9 Å². The molecule has 6 heteroatoms. The minimum atomic E-state index is -0.440. The summed E-state index contributed by atoms with van der Waals surface area (Å²) < 4.78 is 19.9. The predicted octanol–water partition coefficient (Wildman–Crippen LogP) is 0.634. The van der Waals surface area contributed by atoms with Crippen LogP contribution in [-0.2, 0) is 28.5 Å². The first-order valence-corrected chi connectivity index (χ1v) is 5.62. The Labute approximate surface area is 100 Å². The summed E-state index contributed by atoms with van der Waals surface area (Å²) >= 11 is 0. The summed E-state index contributed by atoms with van der Waals surface area (Å²) in [6, 6.07) is 0. The van der Waals surface area contributed by atoms with Crippen LogP contribution in [0.25, 0.3) is 0 Å². The van der Waals surface area contributed by atoms with Crippen LogP contribution in [0.1, 0.15) is 26.7 Å². The van der Waals surface area contributed by atoms with Crippen LogP contribution < -0.4 is 0 Å². The molecule has 0 aromatic heterocycles. The van der Waals surface area contributed by atoms with Gasteiger partial charge in [-0.3, -0.25) is 9.59 Å². The van der Waals surface area contributed by atoms with Crippen LogP contribution in [-0.4, -0.2) is 44.2 Å².